The van der Waals surface area contributed by atoms with Crippen molar-refractivity contribution in [2.24, 2.45) is 0 Å². The van der Waals surface area contributed by atoms with Crippen LogP contribution in [0.3, 0.4) is 0 Å². The molecule has 0 bridgehead atoms. The predicted octanol–water partition coefficient (Wildman–Crippen LogP) is 1.85. The second kappa shape index (κ2) is 5.65. The lowest BCUT2D eigenvalue weighted by Crippen LogP contribution is -2.52. The van der Waals surface area contributed by atoms with E-state index in [4.69, 9.17) is 5.26 Å². The molecule has 0 spiro atoms. The van der Waals surface area contributed by atoms with Crippen molar-refractivity contribution in [3.63, 3.8) is 0 Å². The van der Waals surface area contributed by atoms with Crippen molar-refractivity contribution in [2.75, 3.05) is 26.2 Å². The molecule has 1 heterocycles. The zero-order valence-electron chi connectivity index (χ0n) is 10.4. The minimum atomic E-state index is 0.440. The van der Waals surface area contributed by atoms with E-state index in [1.165, 1.54) is 38.8 Å². The number of nitrogens with zero attached hydrogens (tertiary/aromatic N) is 3. The molecule has 3 nitrogen and oxygen atoms in total. The zero-order valence-corrected chi connectivity index (χ0v) is 10.4. The molecule has 0 radical (unpaired) electrons. The maximum Gasteiger partial charge on any atom is 0.0638 e. The van der Waals surface area contributed by atoms with Gasteiger partial charge in [0.2, 0.25) is 0 Å². The molecule has 2 aliphatic rings. The van der Waals surface area contributed by atoms with Crippen molar-refractivity contribution in [2.45, 2.75) is 51.1 Å². The molecule has 1 atom stereocenters. The first kappa shape index (κ1) is 11.9. The molecule has 0 aromatic rings. The highest BCUT2D eigenvalue weighted by molar-refractivity contribution is 4.86. The van der Waals surface area contributed by atoms with E-state index in [1.807, 2.05) is 0 Å². The van der Waals surface area contributed by atoms with Gasteiger partial charge < -0.3 is 0 Å². The standard InChI is InChI=1S/C13H23N3/c1-12(6-7-14)15-8-10-16(11-9-15)13-4-2-3-5-13/h12-13H,2-6,8-11H2,1H3. The Labute approximate surface area is 99.0 Å². The molecule has 1 saturated carbocycles. The Morgan fingerprint density at radius 1 is 1.19 bits per heavy atom. The maximum atomic E-state index is 8.70. The first-order valence-electron chi connectivity index (χ1n) is 6.66. The first-order chi connectivity index (χ1) is 7.81. The third kappa shape index (κ3) is 2.75. The van der Waals surface area contributed by atoms with Crippen molar-refractivity contribution >= 4 is 0 Å². The summed E-state index contributed by atoms with van der Waals surface area (Å²) in [5.74, 6) is 0. The number of rotatable bonds is 3. The SMILES string of the molecule is CC(CC#N)N1CCN(C2CCCC2)CC1. The fraction of sp³-hybridized carbons (Fsp3) is 0.923. The molecule has 2 fully saturated rings. The molecule has 0 aromatic heterocycles. The van der Waals surface area contributed by atoms with Gasteiger partial charge in [0.1, 0.15) is 0 Å². The summed E-state index contributed by atoms with van der Waals surface area (Å²) in [6.45, 7) is 6.90. The smallest absolute Gasteiger partial charge is 0.0638 e. The van der Waals surface area contributed by atoms with Gasteiger partial charge in [-0.15, -0.1) is 0 Å². The quantitative estimate of drug-likeness (QED) is 0.728. The largest absolute Gasteiger partial charge is 0.298 e. The molecule has 16 heavy (non-hydrogen) atoms. The topological polar surface area (TPSA) is 30.3 Å². The second-order valence-electron chi connectivity index (χ2n) is 5.22. The van der Waals surface area contributed by atoms with E-state index in [1.54, 1.807) is 0 Å². The van der Waals surface area contributed by atoms with Crippen molar-refractivity contribution in [3.05, 3.63) is 0 Å². The van der Waals surface area contributed by atoms with Gasteiger partial charge >= 0.3 is 0 Å². The van der Waals surface area contributed by atoms with Crippen LogP contribution in [0.25, 0.3) is 0 Å². The van der Waals surface area contributed by atoms with Crippen LogP contribution in [0.15, 0.2) is 0 Å². The average molecular weight is 221 g/mol. The molecule has 90 valence electrons. The van der Waals surface area contributed by atoms with Crippen molar-refractivity contribution in [1.82, 2.24) is 9.80 Å². The molecule has 3 heteroatoms. The molecular weight excluding hydrogens is 198 g/mol. The van der Waals surface area contributed by atoms with Gasteiger partial charge in [-0.2, -0.15) is 5.26 Å². The average Bonchev–Trinajstić information content (AvgIpc) is 2.83. The van der Waals surface area contributed by atoms with E-state index >= 15 is 0 Å². The second-order valence-corrected chi connectivity index (χ2v) is 5.22. The summed E-state index contributed by atoms with van der Waals surface area (Å²) in [5.41, 5.74) is 0. The summed E-state index contributed by atoms with van der Waals surface area (Å²) in [6, 6.07) is 3.59. The molecule has 1 aliphatic carbocycles. The molecule has 2 rings (SSSR count). The monoisotopic (exact) mass is 221 g/mol. The highest BCUT2D eigenvalue weighted by Gasteiger charge is 2.27. The van der Waals surface area contributed by atoms with E-state index < -0.39 is 0 Å². The van der Waals surface area contributed by atoms with Gasteiger partial charge in [-0.05, 0) is 19.8 Å². The summed E-state index contributed by atoms with van der Waals surface area (Å²) >= 11 is 0. The highest BCUT2D eigenvalue weighted by atomic mass is 15.3. The lowest BCUT2D eigenvalue weighted by Gasteiger charge is -2.40. The van der Waals surface area contributed by atoms with E-state index in [9.17, 15) is 0 Å². The summed E-state index contributed by atoms with van der Waals surface area (Å²) in [5, 5.41) is 8.70. The number of nitriles is 1. The third-order valence-electron chi connectivity index (χ3n) is 4.20. The van der Waals surface area contributed by atoms with Crippen molar-refractivity contribution in [3.8, 4) is 6.07 Å². The summed E-state index contributed by atoms with van der Waals surface area (Å²) in [7, 11) is 0. The fourth-order valence-corrected chi connectivity index (χ4v) is 3.07. The predicted molar refractivity (Wildman–Crippen MR) is 65.1 cm³/mol. The van der Waals surface area contributed by atoms with E-state index in [2.05, 4.69) is 22.8 Å². The molecule has 1 unspecified atom stereocenters. The van der Waals surface area contributed by atoms with Crippen LogP contribution in [0.2, 0.25) is 0 Å². The van der Waals surface area contributed by atoms with Crippen LogP contribution in [0.4, 0.5) is 0 Å². The highest BCUT2D eigenvalue weighted by Crippen LogP contribution is 2.24. The molecule has 0 amide bonds. The number of hydrogen-bond acceptors (Lipinski definition) is 3. The van der Waals surface area contributed by atoms with Gasteiger partial charge in [-0.3, -0.25) is 9.80 Å². The molecule has 0 N–H and O–H groups in total. The summed E-state index contributed by atoms with van der Waals surface area (Å²) in [6.07, 6.45) is 6.34. The first-order valence-corrected chi connectivity index (χ1v) is 6.66. The van der Waals surface area contributed by atoms with E-state index in [0.717, 1.165) is 19.1 Å². The van der Waals surface area contributed by atoms with Crippen LogP contribution < -0.4 is 0 Å². The van der Waals surface area contributed by atoms with Crippen molar-refractivity contribution in [1.29, 1.82) is 5.26 Å². The summed E-state index contributed by atoms with van der Waals surface area (Å²) in [4.78, 5) is 5.14. The van der Waals surface area contributed by atoms with Gasteiger partial charge in [0, 0.05) is 38.3 Å². The molecule has 1 aliphatic heterocycles. The lowest BCUT2D eigenvalue weighted by atomic mass is 10.1. The summed E-state index contributed by atoms with van der Waals surface area (Å²) < 4.78 is 0. The fourth-order valence-electron chi connectivity index (χ4n) is 3.07. The Balaban J connectivity index is 1.75. The van der Waals surface area contributed by atoms with Gasteiger partial charge in [-0.1, -0.05) is 12.8 Å². The van der Waals surface area contributed by atoms with Gasteiger partial charge in [0.05, 0.1) is 12.5 Å². The minimum Gasteiger partial charge on any atom is -0.298 e. The van der Waals surface area contributed by atoms with Crippen LogP contribution in [-0.2, 0) is 0 Å². The van der Waals surface area contributed by atoms with Gasteiger partial charge in [0.25, 0.3) is 0 Å². The Kier molecular flexibility index (Phi) is 4.20. The zero-order chi connectivity index (χ0) is 11.4. The maximum absolute atomic E-state index is 8.70. The normalized spacial score (nSPS) is 26.8. The number of hydrogen-bond donors (Lipinski definition) is 0. The van der Waals surface area contributed by atoms with Crippen LogP contribution in [0, 0.1) is 11.3 Å². The third-order valence-corrected chi connectivity index (χ3v) is 4.20. The van der Waals surface area contributed by atoms with Crippen LogP contribution in [-0.4, -0.2) is 48.1 Å². The number of piperazine rings is 1. The minimum absolute atomic E-state index is 0.440. The van der Waals surface area contributed by atoms with Gasteiger partial charge in [-0.25, -0.2) is 0 Å². The van der Waals surface area contributed by atoms with Crippen molar-refractivity contribution < 1.29 is 0 Å². The molecule has 0 aromatic carbocycles. The van der Waals surface area contributed by atoms with Gasteiger partial charge in [0.15, 0.2) is 0 Å². The van der Waals surface area contributed by atoms with E-state index in [0.29, 0.717) is 12.5 Å². The lowest BCUT2D eigenvalue weighted by molar-refractivity contribution is 0.0763. The van der Waals surface area contributed by atoms with Crippen LogP contribution in [0.5, 0.6) is 0 Å². The Morgan fingerprint density at radius 3 is 2.38 bits per heavy atom. The molecular formula is C13H23N3. The Bertz CT molecular complexity index is 244. The Morgan fingerprint density at radius 2 is 1.81 bits per heavy atom. The van der Waals surface area contributed by atoms with E-state index in [-0.39, 0.29) is 0 Å². The van der Waals surface area contributed by atoms with Crippen LogP contribution >= 0.6 is 0 Å². The van der Waals surface area contributed by atoms with Crippen LogP contribution in [0.1, 0.15) is 39.0 Å². The molecule has 1 saturated heterocycles. The Hall–Kier alpha value is -0.590.